The van der Waals surface area contributed by atoms with Crippen LogP contribution in [0.15, 0.2) is 0 Å². The minimum atomic E-state index is -0.234. The van der Waals surface area contributed by atoms with Crippen LogP contribution >= 0.6 is 0 Å². The van der Waals surface area contributed by atoms with Crippen LogP contribution in [0.3, 0.4) is 0 Å². The third-order valence-corrected chi connectivity index (χ3v) is 26.7. The summed E-state index contributed by atoms with van der Waals surface area (Å²) in [5.41, 5.74) is 1.27. The normalized spacial score (nSPS) is 41.3. The molecule has 0 aromatic heterocycles. The Bertz CT molecular complexity index is 3000. The van der Waals surface area contributed by atoms with Crippen LogP contribution in [0.5, 0.6) is 0 Å². The number of nitrogens with zero attached hydrogens (tertiary/aromatic N) is 8. The highest BCUT2D eigenvalue weighted by molar-refractivity contribution is 5.79. The molecule has 8 unspecified atom stereocenters. The molecular formula is C80H120N8O9. The molecule has 17 nitrogen and oxygen atoms in total. The van der Waals surface area contributed by atoms with Crippen molar-refractivity contribution < 1.29 is 43.0 Å². The summed E-state index contributed by atoms with van der Waals surface area (Å²) in [4.78, 5) is 79.7. The maximum Gasteiger partial charge on any atom is 0.302 e. The maximum absolute atomic E-state index is 12.6. The molecule has 4 amide bonds. The number of rotatable bonds is 14. The first kappa shape index (κ1) is 75.5. The van der Waals surface area contributed by atoms with Crippen LogP contribution in [-0.4, -0.2) is 130 Å². The quantitative estimate of drug-likeness (QED) is 0.116. The molecule has 0 aromatic carbocycles. The lowest BCUT2D eigenvalue weighted by Crippen LogP contribution is -2.42. The molecule has 5 heterocycles. The van der Waals surface area contributed by atoms with E-state index in [1.807, 2.05) is 9.80 Å². The van der Waals surface area contributed by atoms with Crippen LogP contribution < -0.4 is 0 Å². The topological polar surface area (TPSA) is 238 Å². The Morgan fingerprint density at radius 2 is 0.753 bits per heavy atom. The highest BCUT2D eigenvalue weighted by atomic mass is 16.5. The second-order valence-electron chi connectivity index (χ2n) is 35.4. The zero-order valence-electron chi connectivity index (χ0n) is 60.0. The number of carbonyl (C=O) groups is 6. The van der Waals surface area contributed by atoms with Crippen molar-refractivity contribution in [3.63, 3.8) is 0 Å². The van der Waals surface area contributed by atoms with Crippen molar-refractivity contribution in [3.8, 4) is 36.6 Å². The molecule has 13 aliphatic rings. The lowest BCUT2D eigenvalue weighted by molar-refractivity contribution is -0.147. The molecule has 17 heteroatoms. The van der Waals surface area contributed by atoms with Crippen molar-refractivity contribution in [2.24, 2.45) is 92.7 Å². The molecule has 0 N–H and O–H groups in total. The van der Waals surface area contributed by atoms with Gasteiger partial charge in [-0.15, -0.1) is 12.3 Å². The fraction of sp³-hybridized carbons (Fsp3) is 0.850. The van der Waals surface area contributed by atoms with Gasteiger partial charge in [-0.05, 0) is 254 Å². The van der Waals surface area contributed by atoms with Gasteiger partial charge in [0, 0.05) is 71.6 Å². The summed E-state index contributed by atoms with van der Waals surface area (Å²) in [6.07, 6.45) is 35.6. The Kier molecular flexibility index (Phi) is 24.5. The Balaban J connectivity index is 0.000000151. The fourth-order valence-corrected chi connectivity index (χ4v) is 22.3. The Morgan fingerprint density at radius 3 is 1.03 bits per heavy atom. The monoisotopic (exact) mass is 1340 g/mol. The summed E-state index contributed by atoms with van der Waals surface area (Å²) >= 11 is 0. The molecule has 5 saturated heterocycles. The van der Waals surface area contributed by atoms with E-state index in [1.54, 1.807) is 9.80 Å². The number of fused-ring (bicyclic) bond motifs is 4. The molecule has 13 rings (SSSR count). The number of likely N-dealkylation sites (tertiary alicyclic amines) is 4. The number of carbonyl (C=O) groups excluding carboxylic acids is 6. The van der Waals surface area contributed by atoms with Crippen molar-refractivity contribution in [2.75, 3.05) is 32.8 Å². The van der Waals surface area contributed by atoms with Crippen molar-refractivity contribution in [3.05, 3.63) is 0 Å². The number of hydrogen-bond acceptors (Lipinski definition) is 13. The number of amides is 4. The van der Waals surface area contributed by atoms with Crippen molar-refractivity contribution in [1.29, 1.82) is 21.0 Å². The fourth-order valence-electron chi connectivity index (χ4n) is 22.3. The Morgan fingerprint density at radius 1 is 0.454 bits per heavy atom. The van der Waals surface area contributed by atoms with Gasteiger partial charge in [-0.25, -0.2) is 0 Å². The summed E-state index contributed by atoms with van der Waals surface area (Å²) in [7, 11) is 0. The molecule has 8 aliphatic carbocycles. The highest BCUT2D eigenvalue weighted by Crippen LogP contribution is 2.62. The predicted octanol–water partition coefficient (Wildman–Crippen LogP) is 14.1. The van der Waals surface area contributed by atoms with E-state index in [0.717, 1.165) is 166 Å². The molecule has 5 aliphatic heterocycles. The third kappa shape index (κ3) is 18.3. The van der Waals surface area contributed by atoms with Gasteiger partial charge < -0.3 is 33.8 Å². The van der Waals surface area contributed by atoms with E-state index >= 15 is 0 Å². The van der Waals surface area contributed by atoms with E-state index in [4.69, 9.17) is 25.9 Å². The second kappa shape index (κ2) is 31.5. The van der Waals surface area contributed by atoms with Crippen LogP contribution in [0, 0.1) is 150 Å². The molecule has 0 aromatic rings. The zero-order chi connectivity index (χ0) is 69.1. The first-order valence-electron chi connectivity index (χ1n) is 37.8. The minimum absolute atomic E-state index is 0. The van der Waals surface area contributed by atoms with Crippen LogP contribution in [0.1, 0.15) is 262 Å². The third-order valence-electron chi connectivity index (χ3n) is 26.7. The van der Waals surface area contributed by atoms with E-state index < -0.39 is 0 Å². The smallest absolute Gasteiger partial charge is 0.302 e. The van der Waals surface area contributed by atoms with E-state index in [2.05, 4.69) is 78.7 Å². The van der Waals surface area contributed by atoms with Crippen LogP contribution in [0.4, 0.5) is 0 Å². The van der Waals surface area contributed by atoms with E-state index in [1.165, 1.54) is 71.6 Å². The van der Waals surface area contributed by atoms with Crippen LogP contribution in [-0.2, 0) is 43.0 Å². The zero-order valence-corrected chi connectivity index (χ0v) is 60.0. The maximum atomic E-state index is 12.6. The van der Waals surface area contributed by atoms with Crippen molar-refractivity contribution >= 4 is 35.6 Å². The predicted molar refractivity (Wildman–Crippen MR) is 370 cm³/mol. The summed E-state index contributed by atoms with van der Waals surface area (Å²) in [6, 6.07) is 8.29. The van der Waals surface area contributed by atoms with Gasteiger partial charge in [-0.2, -0.15) is 21.0 Å². The SMILES string of the molecule is C.C#CC1C[C@@H]2CC(C)(CCC(=O)N3C[C@@H](C)C[C@H]3C#N)C[C@@H]2C1.CC(=O)OC1C[C@@H]2CC(C)(CCC(=O)N3CCC[C@H]3C#N)C[C@@H]2C1.CC(=O)OC1C[C@@H]2CC(C)(CCC(=O)N3C[C@@H](C)C[C@H]3C#N)C[C@@H]2C1.C[C@H]1C[C@@H](C#N)N(C(=O)CCC2(C)C[C@@H]3CC4(CCO4)C[C@@H]3C2)C1. The average Bonchev–Trinajstić information content (AvgIpc) is 1.60. The highest BCUT2D eigenvalue weighted by Gasteiger charge is 2.56. The molecular weight excluding hydrogens is 1220 g/mol. The van der Waals surface area contributed by atoms with Gasteiger partial charge in [-0.3, -0.25) is 28.8 Å². The van der Waals surface area contributed by atoms with Gasteiger partial charge in [0.05, 0.1) is 36.5 Å². The number of esters is 2. The van der Waals surface area contributed by atoms with E-state index in [9.17, 15) is 44.6 Å². The van der Waals surface area contributed by atoms with Gasteiger partial charge in [0.15, 0.2) is 0 Å². The van der Waals surface area contributed by atoms with E-state index in [0.29, 0.717) is 78.4 Å². The Hall–Kier alpha value is -5.70. The second-order valence-corrected chi connectivity index (χ2v) is 35.4. The molecule has 0 bridgehead atoms. The molecule has 0 radical (unpaired) electrons. The standard InChI is InChI=1S/C20H30N2O3.C20H30N2O2.C20H28N2O.C19H28N2O3.CH4/c1-13-6-17(11-21)22(12-13)19(24)4-5-20(3)9-15-7-18(25-14(2)23)8-16(15)10-20;1-14-7-17(12-21)22(13-14)18(23)3-4-19(2)8-15-10-20(5-6-24-20)11-16(15)9-19;1-4-15-8-16-10-20(3,11-17(16)9-15)6-5-19(23)22-13-14(2)7-18(22)12-21;1-13(22)24-17-8-14-10-19(2,11-15(14)9-17)6-5-18(23)21-7-3-4-16(21)12-20;/h13,15-18H,4-10,12H2,1-3H3;14-17H,3-11,13H2,1-2H3;1,14-18H,5-11,13H2,2-3H3;14-17H,3-11H2,1-2H3;1H4/t13-,15-,16+,17-,18?,20?;14-,15-,16+,17-,19?,20?;14-,15?,16-,17+,18-,20?;14-,15+,16-,17?,19?;/m0000./s1. The van der Waals surface area contributed by atoms with Gasteiger partial charge in [0.2, 0.25) is 23.6 Å². The van der Waals surface area contributed by atoms with Crippen molar-refractivity contribution in [2.45, 2.75) is 304 Å². The lowest BCUT2D eigenvalue weighted by Gasteiger charge is -2.40. The largest absolute Gasteiger partial charge is 0.463 e. The van der Waals surface area contributed by atoms with E-state index in [-0.39, 0.29) is 101 Å². The minimum Gasteiger partial charge on any atom is -0.463 e. The molecule has 8 saturated carbocycles. The molecule has 13 fully saturated rings. The number of nitriles is 4. The number of hydrogen-bond donors (Lipinski definition) is 0. The average molecular weight is 1340 g/mol. The number of ether oxygens (including phenoxy) is 3. The van der Waals surface area contributed by atoms with Gasteiger partial charge in [-0.1, -0.05) is 55.9 Å². The molecule has 534 valence electrons. The first-order valence-corrected chi connectivity index (χ1v) is 37.8. The van der Waals surface area contributed by atoms with Crippen LogP contribution in [0.25, 0.3) is 0 Å². The number of terminal acetylenes is 1. The summed E-state index contributed by atoms with van der Waals surface area (Å²) in [6.45, 7) is 22.6. The van der Waals surface area contributed by atoms with Gasteiger partial charge >= 0.3 is 11.9 Å². The van der Waals surface area contributed by atoms with Crippen LogP contribution in [0.2, 0.25) is 0 Å². The molecule has 1 spiro atoms. The summed E-state index contributed by atoms with van der Waals surface area (Å²) in [5.74, 6) is 10.8. The molecule has 97 heavy (non-hydrogen) atoms. The van der Waals surface area contributed by atoms with Crippen molar-refractivity contribution in [1.82, 2.24) is 19.6 Å². The summed E-state index contributed by atoms with van der Waals surface area (Å²) in [5, 5.41) is 36.9. The molecule has 23 atom stereocenters. The van der Waals surface area contributed by atoms with Gasteiger partial charge in [0.25, 0.3) is 0 Å². The lowest BCUT2D eigenvalue weighted by atomic mass is 9.78. The summed E-state index contributed by atoms with van der Waals surface area (Å²) < 4.78 is 16.7. The Labute approximate surface area is 582 Å². The first-order chi connectivity index (χ1) is 45.5. The van der Waals surface area contributed by atoms with Gasteiger partial charge in [0.1, 0.15) is 36.4 Å².